The second kappa shape index (κ2) is 4.97. The summed E-state index contributed by atoms with van der Waals surface area (Å²) in [6, 6.07) is 13.7. The minimum Gasteiger partial charge on any atom is -0.353 e. The SMILES string of the molecule is CC[N+]1=C2c3ccccc3C(C)(C)[C@@]2(C)N(C)c2cc(C)c(C)cc21. The molecule has 0 unspecified atom stereocenters. The van der Waals surface area contributed by atoms with Crippen LogP contribution in [0.3, 0.4) is 0 Å². The Bertz CT molecular complexity index is 920. The van der Waals surface area contributed by atoms with E-state index in [0.29, 0.717) is 0 Å². The highest BCUT2D eigenvalue weighted by Crippen LogP contribution is 2.54. The van der Waals surface area contributed by atoms with Crippen LogP contribution >= 0.6 is 0 Å². The number of aryl methyl sites for hydroxylation is 2. The van der Waals surface area contributed by atoms with E-state index < -0.39 is 0 Å². The Balaban J connectivity index is 2.16. The highest BCUT2D eigenvalue weighted by molar-refractivity contribution is 6.13. The lowest BCUT2D eigenvalue weighted by Crippen LogP contribution is -2.62. The summed E-state index contributed by atoms with van der Waals surface area (Å²) >= 11 is 0. The minimum atomic E-state index is -0.0681. The first-order valence-electron chi connectivity index (χ1n) is 9.35. The van der Waals surface area contributed by atoms with Gasteiger partial charge in [0.05, 0.1) is 0 Å². The zero-order valence-electron chi connectivity index (χ0n) is 16.6. The number of benzene rings is 2. The van der Waals surface area contributed by atoms with Crippen LogP contribution in [-0.2, 0) is 5.41 Å². The molecule has 2 aromatic rings. The summed E-state index contributed by atoms with van der Waals surface area (Å²) in [4.78, 5) is 2.52. The Morgan fingerprint density at radius 3 is 2.32 bits per heavy atom. The maximum atomic E-state index is 2.55. The van der Waals surface area contributed by atoms with E-state index in [2.05, 4.69) is 94.5 Å². The molecule has 2 aliphatic rings. The summed E-state index contributed by atoms with van der Waals surface area (Å²) < 4.78 is 2.55. The van der Waals surface area contributed by atoms with Crippen LogP contribution in [0.5, 0.6) is 0 Å². The zero-order chi connectivity index (χ0) is 18.1. The lowest BCUT2D eigenvalue weighted by atomic mass is 9.71. The van der Waals surface area contributed by atoms with Crippen LogP contribution in [-0.4, -0.2) is 29.4 Å². The number of likely N-dealkylation sites (N-methyl/N-ethyl adjacent to an activating group) is 1. The van der Waals surface area contributed by atoms with Crippen molar-refractivity contribution in [2.75, 3.05) is 18.5 Å². The summed E-state index contributed by atoms with van der Waals surface area (Å²) in [5.41, 5.74) is 9.70. The molecular weight excluding hydrogens is 304 g/mol. The van der Waals surface area contributed by atoms with E-state index in [1.165, 1.54) is 39.3 Å². The number of nitrogens with zero attached hydrogens (tertiary/aromatic N) is 2. The molecule has 1 aliphatic carbocycles. The average Bonchev–Trinajstić information content (AvgIpc) is 2.77. The van der Waals surface area contributed by atoms with Gasteiger partial charge in [-0.05, 0) is 56.5 Å². The van der Waals surface area contributed by atoms with Gasteiger partial charge in [-0.15, -0.1) is 0 Å². The summed E-state index contributed by atoms with van der Waals surface area (Å²) in [7, 11) is 2.27. The van der Waals surface area contributed by atoms with Gasteiger partial charge in [0, 0.05) is 24.1 Å². The van der Waals surface area contributed by atoms with Crippen LogP contribution in [0.15, 0.2) is 36.4 Å². The number of hydrogen-bond acceptors (Lipinski definition) is 1. The monoisotopic (exact) mass is 333 g/mol. The van der Waals surface area contributed by atoms with Crippen molar-refractivity contribution < 1.29 is 4.58 Å². The fourth-order valence-corrected chi connectivity index (χ4v) is 5.00. The molecule has 130 valence electrons. The fourth-order valence-electron chi connectivity index (χ4n) is 5.00. The molecule has 0 amide bonds. The topological polar surface area (TPSA) is 6.25 Å². The highest BCUT2D eigenvalue weighted by Gasteiger charge is 2.62. The molecule has 0 fully saturated rings. The van der Waals surface area contributed by atoms with Gasteiger partial charge < -0.3 is 4.90 Å². The van der Waals surface area contributed by atoms with Gasteiger partial charge in [-0.1, -0.05) is 32.0 Å². The largest absolute Gasteiger partial charge is 0.353 e. The molecule has 0 saturated carbocycles. The number of fused-ring (bicyclic) bond motifs is 4. The van der Waals surface area contributed by atoms with Crippen LogP contribution in [0.4, 0.5) is 11.4 Å². The fraction of sp³-hybridized carbons (Fsp3) is 0.435. The standard InChI is InChI=1S/C23H29N2/c1-8-25-20-14-16(3)15(2)13-19(20)24(7)23(6)21(25)17-11-9-10-12-18(17)22(23,4)5/h9-14H,8H2,1-7H3/q+1/t23-/m0/s1. The van der Waals surface area contributed by atoms with E-state index >= 15 is 0 Å². The van der Waals surface area contributed by atoms with Crippen LogP contribution in [0.25, 0.3) is 0 Å². The molecular formula is C23H29N2+. The van der Waals surface area contributed by atoms with Gasteiger partial charge in [0.1, 0.15) is 17.8 Å². The molecule has 1 heterocycles. The first-order valence-corrected chi connectivity index (χ1v) is 9.35. The Hall–Kier alpha value is -2.09. The van der Waals surface area contributed by atoms with E-state index in [4.69, 9.17) is 0 Å². The van der Waals surface area contributed by atoms with E-state index in [1.807, 2.05) is 0 Å². The van der Waals surface area contributed by atoms with E-state index in [1.54, 1.807) is 0 Å². The van der Waals surface area contributed by atoms with Crippen molar-refractivity contribution in [1.82, 2.24) is 0 Å². The van der Waals surface area contributed by atoms with Gasteiger partial charge in [0.25, 0.3) is 0 Å². The molecule has 1 atom stereocenters. The van der Waals surface area contributed by atoms with Gasteiger partial charge in [-0.25, -0.2) is 0 Å². The lowest BCUT2D eigenvalue weighted by Gasteiger charge is -2.47. The van der Waals surface area contributed by atoms with E-state index in [-0.39, 0.29) is 11.0 Å². The van der Waals surface area contributed by atoms with Crippen LogP contribution < -0.4 is 4.90 Å². The molecule has 0 bridgehead atoms. The molecule has 0 radical (unpaired) electrons. The summed E-state index contributed by atoms with van der Waals surface area (Å²) in [6.45, 7) is 14.9. The Labute approximate surface area is 151 Å². The lowest BCUT2D eigenvalue weighted by molar-refractivity contribution is -0.440. The van der Waals surface area contributed by atoms with Gasteiger partial charge in [0.2, 0.25) is 11.4 Å². The third-order valence-electron chi connectivity index (χ3n) is 7.03. The summed E-state index contributed by atoms with van der Waals surface area (Å²) in [5, 5.41) is 0. The molecule has 2 aromatic carbocycles. The molecule has 0 aromatic heterocycles. The molecule has 2 nitrogen and oxygen atoms in total. The zero-order valence-corrected chi connectivity index (χ0v) is 16.6. The minimum absolute atomic E-state index is 0.0393. The number of anilines is 1. The van der Waals surface area contributed by atoms with Crippen molar-refractivity contribution in [3.8, 4) is 0 Å². The van der Waals surface area contributed by atoms with E-state index in [0.717, 1.165) is 6.54 Å². The van der Waals surface area contributed by atoms with Crippen LogP contribution in [0.1, 0.15) is 49.9 Å². The highest BCUT2D eigenvalue weighted by atomic mass is 15.3. The van der Waals surface area contributed by atoms with Crippen molar-refractivity contribution in [2.24, 2.45) is 0 Å². The Morgan fingerprint density at radius 2 is 1.64 bits per heavy atom. The first kappa shape index (κ1) is 16.4. The normalized spacial score (nSPS) is 23.4. The number of rotatable bonds is 1. The van der Waals surface area contributed by atoms with Crippen molar-refractivity contribution in [2.45, 2.75) is 52.5 Å². The predicted octanol–water partition coefficient (Wildman–Crippen LogP) is 4.96. The molecule has 25 heavy (non-hydrogen) atoms. The smallest absolute Gasteiger partial charge is 0.229 e. The quantitative estimate of drug-likeness (QED) is 0.669. The second-order valence-electron chi connectivity index (χ2n) is 8.32. The Morgan fingerprint density at radius 1 is 1.00 bits per heavy atom. The van der Waals surface area contributed by atoms with Crippen molar-refractivity contribution in [1.29, 1.82) is 0 Å². The summed E-state index contributed by atoms with van der Waals surface area (Å²) in [6.07, 6.45) is 0. The second-order valence-corrected chi connectivity index (χ2v) is 8.32. The van der Waals surface area contributed by atoms with Gasteiger partial charge in [-0.3, -0.25) is 0 Å². The molecule has 0 spiro atoms. The van der Waals surface area contributed by atoms with E-state index in [9.17, 15) is 0 Å². The molecule has 0 saturated heterocycles. The van der Waals surface area contributed by atoms with Crippen molar-refractivity contribution >= 4 is 17.1 Å². The van der Waals surface area contributed by atoms with Gasteiger partial charge >= 0.3 is 0 Å². The maximum absolute atomic E-state index is 2.55. The average molecular weight is 333 g/mol. The Kier molecular flexibility index (Phi) is 3.26. The summed E-state index contributed by atoms with van der Waals surface area (Å²) in [5.74, 6) is 0. The van der Waals surface area contributed by atoms with Crippen LogP contribution in [0.2, 0.25) is 0 Å². The van der Waals surface area contributed by atoms with Crippen molar-refractivity contribution in [3.05, 3.63) is 58.7 Å². The van der Waals surface area contributed by atoms with Gasteiger partial charge in [0.15, 0.2) is 0 Å². The molecule has 0 N–H and O–H groups in total. The molecule has 2 heteroatoms. The maximum Gasteiger partial charge on any atom is 0.229 e. The third kappa shape index (κ3) is 1.78. The molecule has 4 rings (SSSR count). The third-order valence-corrected chi connectivity index (χ3v) is 7.03. The number of hydrogen-bond donors (Lipinski definition) is 0. The van der Waals surface area contributed by atoms with Gasteiger partial charge in [-0.2, -0.15) is 4.58 Å². The molecule has 1 aliphatic heterocycles. The first-order chi connectivity index (χ1) is 11.7. The predicted molar refractivity (Wildman–Crippen MR) is 107 cm³/mol. The van der Waals surface area contributed by atoms with Crippen LogP contribution in [0, 0.1) is 13.8 Å². The van der Waals surface area contributed by atoms with Crippen molar-refractivity contribution in [3.63, 3.8) is 0 Å².